The minimum Gasteiger partial charge on any atom is -0.325 e. The third kappa shape index (κ3) is 1.82. The zero-order valence-electron chi connectivity index (χ0n) is 10.00. The van der Waals surface area contributed by atoms with Crippen LogP contribution in [-0.4, -0.2) is 9.55 Å². The zero-order valence-corrected chi connectivity index (χ0v) is 10.8. The van der Waals surface area contributed by atoms with Crippen molar-refractivity contribution in [3.05, 3.63) is 29.0 Å². The Bertz CT molecular complexity index is 502. The summed E-state index contributed by atoms with van der Waals surface area (Å²) in [5.74, 6) is 1.15. The van der Waals surface area contributed by atoms with Gasteiger partial charge in [-0.2, -0.15) is 0 Å². The van der Waals surface area contributed by atoms with E-state index in [1.165, 1.54) is 5.52 Å². The standard InChI is InChI=1S/C13H17ClN2/c1-4-9(3)16-12-7-6-10(14)8-11(12)15-13(16)5-2/h6-9H,4-5H2,1-3H3. The van der Waals surface area contributed by atoms with Crippen molar-refractivity contribution >= 4 is 22.6 Å². The second-order valence-corrected chi connectivity index (χ2v) is 4.58. The Morgan fingerprint density at radius 1 is 1.38 bits per heavy atom. The fourth-order valence-electron chi connectivity index (χ4n) is 2.05. The lowest BCUT2D eigenvalue weighted by Gasteiger charge is -2.15. The predicted molar refractivity (Wildman–Crippen MR) is 69.1 cm³/mol. The molecule has 2 rings (SSSR count). The van der Waals surface area contributed by atoms with Crippen LogP contribution in [0.1, 0.15) is 39.1 Å². The molecule has 1 aromatic heterocycles. The number of fused-ring (bicyclic) bond motifs is 1. The number of hydrogen-bond donors (Lipinski definition) is 0. The van der Waals surface area contributed by atoms with Gasteiger partial charge in [0.05, 0.1) is 11.0 Å². The lowest BCUT2D eigenvalue weighted by atomic mass is 10.2. The van der Waals surface area contributed by atoms with Crippen LogP contribution in [0.15, 0.2) is 18.2 Å². The summed E-state index contributed by atoms with van der Waals surface area (Å²) in [6.07, 6.45) is 2.07. The molecular weight excluding hydrogens is 220 g/mol. The lowest BCUT2D eigenvalue weighted by Crippen LogP contribution is -2.07. The molecule has 16 heavy (non-hydrogen) atoms. The molecule has 2 nitrogen and oxygen atoms in total. The molecule has 0 aliphatic rings. The van der Waals surface area contributed by atoms with Crippen LogP contribution >= 0.6 is 11.6 Å². The summed E-state index contributed by atoms with van der Waals surface area (Å²) in [6.45, 7) is 6.57. The van der Waals surface area contributed by atoms with Crippen molar-refractivity contribution in [1.82, 2.24) is 9.55 Å². The van der Waals surface area contributed by atoms with Crippen LogP contribution in [0, 0.1) is 0 Å². The Labute approximate surface area is 101 Å². The first-order valence-corrected chi connectivity index (χ1v) is 6.21. The van der Waals surface area contributed by atoms with Crippen molar-refractivity contribution in [3.63, 3.8) is 0 Å². The molecule has 1 aromatic carbocycles. The van der Waals surface area contributed by atoms with Crippen molar-refractivity contribution in [2.24, 2.45) is 0 Å². The Kier molecular flexibility index (Phi) is 3.20. The number of aromatic nitrogens is 2. The maximum Gasteiger partial charge on any atom is 0.109 e. The van der Waals surface area contributed by atoms with E-state index in [0.29, 0.717) is 6.04 Å². The van der Waals surface area contributed by atoms with Gasteiger partial charge in [-0.05, 0) is 31.5 Å². The van der Waals surface area contributed by atoms with E-state index in [0.717, 1.165) is 29.2 Å². The van der Waals surface area contributed by atoms with Crippen molar-refractivity contribution in [3.8, 4) is 0 Å². The SMILES string of the molecule is CCc1nc2cc(Cl)ccc2n1C(C)CC. The van der Waals surface area contributed by atoms with E-state index in [9.17, 15) is 0 Å². The molecule has 0 radical (unpaired) electrons. The summed E-state index contributed by atoms with van der Waals surface area (Å²) in [4.78, 5) is 4.64. The van der Waals surface area contributed by atoms with Gasteiger partial charge in [0.25, 0.3) is 0 Å². The molecule has 0 bridgehead atoms. The highest BCUT2D eigenvalue weighted by Crippen LogP contribution is 2.25. The van der Waals surface area contributed by atoms with Crippen molar-refractivity contribution < 1.29 is 0 Å². The smallest absolute Gasteiger partial charge is 0.109 e. The van der Waals surface area contributed by atoms with Crippen LogP contribution in [0.5, 0.6) is 0 Å². The third-order valence-electron chi connectivity index (χ3n) is 3.07. The van der Waals surface area contributed by atoms with Gasteiger partial charge >= 0.3 is 0 Å². The van der Waals surface area contributed by atoms with Crippen LogP contribution < -0.4 is 0 Å². The average molecular weight is 237 g/mol. The highest BCUT2D eigenvalue weighted by molar-refractivity contribution is 6.31. The Morgan fingerprint density at radius 3 is 2.75 bits per heavy atom. The second kappa shape index (κ2) is 4.46. The topological polar surface area (TPSA) is 17.8 Å². The quantitative estimate of drug-likeness (QED) is 0.780. The maximum atomic E-state index is 5.99. The number of halogens is 1. The van der Waals surface area contributed by atoms with Gasteiger partial charge in [0.15, 0.2) is 0 Å². The zero-order chi connectivity index (χ0) is 11.7. The third-order valence-corrected chi connectivity index (χ3v) is 3.31. The largest absolute Gasteiger partial charge is 0.325 e. The van der Waals surface area contributed by atoms with E-state index in [1.807, 2.05) is 12.1 Å². The van der Waals surface area contributed by atoms with Crippen LogP contribution in [0.2, 0.25) is 5.02 Å². The minimum atomic E-state index is 0.487. The van der Waals surface area contributed by atoms with Crippen molar-refractivity contribution in [1.29, 1.82) is 0 Å². The van der Waals surface area contributed by atoms with E-state index in [4.69, 9.17) is 11.6 Å². The van der Waals surface area contributed by atoms with E-state index in [-0.39, 0.29) is 0 Å². The van der Waals surface area contributed by atoms with Gasteiger partial charge in [0.2, 0.25) is 0 Å². The number of hydrogen-bond acceptors (Lipinski definition) is 1. The molecule has 2 aromatic rings. The first kappa shape index (κ1) is 11.5. The number of imidazole rings is 1. The summed E-state index contributed by atoms with van der Waals surface area (Å²) >= 11 is 5.99. The summed E-state index contributed by atoms with van der Waals surface area (Å²) in [7, 11) is 0. The van der Waals surface area contributed by atoms with Gasteiger partial charge in [-0.15, -0.1) is 0 Å². The fraction of sp³-hybridized carbons (Fsp3) is 0.462. The van der Waals surface area contributed by atoms with E-state index in [2.05, 4.69) is 36.4 Å². The molecule has 1 heterocycles. The molecule has 0 amide bonds. The number of rotatable bonds is 3. The van der Waals surface area contributed by atoms with Crippen molar-refractivity contribution in [2.75, 3.05) is 0 Å². The Morgan fingerprint density at radius 2 is 2.12 bits per heavy atom. The normalized spacial score (nSPS) is 13.2. The molecule has 1 atom stereocenters. The molecule has 1 unspecified atom stereocenters. The lowest BCUT2D eigenvalue weighted by molar-refractivity contribution is 0.524. The molecule has 3 heteroatoms. The molecule has 0 N–H and O–H groups in total. The van der Waals surface area contributed by atoms with E-state index < -0.39 is 0 Å². The van der Waals surface area contributed by atoms with Gasteiger partial charge in [-0.1, -0.05) is 25.4 Å². The van der Waals surface area contributed by atoms with Crippen LogP contribution in [-0.2, 0) is 6.42 Å². The van der Waals surface area contributed by atoms with Crippen LogP contribution in [0.3, 0.4) is 0 Å². The van der Waals surface area contributed by atoms with Gasteiger partial charge in [0, 0.05) is 17.5 Å². The van der Waals surface area contributed by atoms with E-state index in [1.54, 1.807) is 0 Å². The summed E-state index contributed by atoms with van der Waals surface area (Å²) in [5, 5.41) is 0.754. The highest BCUT2D eigenvalue weighted by atomic mass is 35.5. The fourth-order valence-corrected chi connectivity index (χ4v) is 2.21. The highest BCUT2D eigenvalue weighted by Gasteiger charge is 2.13. The van der Waals surface area contributed by atoms with Crippen molar-refractivity contribution in [2.45, 2.75) is 39.7 Å². The first-order chi connectivity index (χ1) is 7.67. The monoisotopic (exact) mass is 236 g/mol. The Balaban J connectivity index is 2.68. The maximum absolute atomic E-state index is 5.99. The molecule has 0 aliphatic carbocycles. The molecule has 0 aliphatic heterocycles. The second-order valence-electron chi connectivity index (χ2n) is 4.14. The molecule has 0 saturated heterocycles. The summed E-state index contributed by atoms with van der Waals surface area (Å²) in [5.41, 5.74) is 2.19. The molecule has 0 fully saturated rings. The number of benzene rings is 1. The minimum absolute atomic E-state index is 0.487. The van der Waals surface area contributed by atoms with E-state index >= 15 is 0 Å². The summed E-state index contributed by atoms with van der Waals surface area (Å²) < 4.78 is 2.33. The molecule has 0 saturated carbocycles. The Hall–Kier alpha value is -1.02. The predicted octanol–water partition coefficient (Wildman–Crippen LogP) is 4.22. The molecule has 0 spiro atoms. The van der Waals surface area contributed by atoms with Gasteiger partial charge in [0.1, 0.15) is 5.82 Å². The summed E-state index contributed by atoms with van der Waals surface area (Å²) in [6, 6.07) is 6.43. The van der Waals surface area contributed by atoms with Gasteiger partial charge in [-0.25, -0.2) is 4.98 Å². The van der Waals surface area contributed by atoms with Gasteiger partial charge in [-0.3, -0.25) is 0 Å². The number of nitrogens with zero attached hydrogens (tertiary/aromatic N) is 2. The first-order valence-electron chi connectivity index (χ1n) is 5.83. The van der Waals surface area contributed by atoms with Crippen LogP contribution in [0.4, 0.5) is 0 Å². The number of aryl methyl sites for hydroxylation is 1. The molecule has 86 valence electrons. The average Bonchev–Trinajstić information content (AvgIpc) is 2.65. The molecular formula is C13H17ClN2. The van der Waals surface area contributed by atoms with Gasteiger partial charge < -0.3 is 4.57 Å². The van der Waals surface area contributed by atoms with Crippen LogP contribution in [0.25, 0.3) is 11.0 Å².